The van der Waals surface area contributed by atoms with Gasteiger partial charge in [0.1, 0.15) is 0 Å². The lowest BCUT2D eigenvalue weighted by Gasteiger charge is -2.25. The van der Waals surface area contributed by atoms with Crippen LogP contribution in [0.25, 0.3) is 0 Å². The van der Waals surface area contributed by atoms with Crippen molar-refractivity contribution in [2.45, 2.75) is 26.3 Å². The summed E-state index contributed by atoms with van der Waals surface area (Å²) in [6, 6.07) is 4.89. The summed E-state index contributed by atoms with van der Waals surface area (Å²) in [6.45, 7) is 7.65. The van der Waals surface area contributed by atoms with Gasteiger partial charge in [0, 0.05) is 22.8 Å². The number of hydrogen-bond donors (Lipinski definition) is 1. The second kappa shape index (κ2) is 4.64. The number of aryl methyl sites for hydroxylation is 1. The lowest BCUT2D eigenvalue weighted by atomic mass is 10.2. The van der Waals surface area contributed by atoms with Crippen LogP contribution in [-0.2, 0) is 0 Å². The molecule has 1 aliphatic rings. The van der Waals surface area contributed by atoms with Gasteiger partial charge in [-0.25, -0.2) is 0 Å². The number of nitrogens with zero attached hydrogens (tertiary/aromatic N) is 1. The second-order valence-corrected chi connectivity index (χ2v) is 5.91. The third-order valence-corrected chi connectivity index (χ3v) is 4.31. The van der Waals surface area contributed by atoms with Gasteiger partial charge in [-0.05, 0) is 37.9 Å². The van der Waals surface area contributed by atoms with Crippen molar-refractivity contribution in [3.63, 3.8) is 0 Å². The summed E-state index contributed by atoms with van der Waals surface area (Å²) >= 11 is 1.89. The molecular weight excluding hydrogens is 204 g/mol. The molecule has 84 valence electrons. The number of nitrogens with two attached hydrogens (primary N) is 1. The number of rotatable bonds is 3. The summed E-state index contributed by atoms with van der Waals surface area (Å²) in [5.41, 5.74) is 5.90. The van der Waals surface area contributed by atoms with E-state index in [2.05, 4.69) is 30.9 Å². The van der Waals surface area contributed by atoms with Crippen LogP contribution >= 0.6 is 11.3 Å². The van der Waals surface area contributed by atoms with Gasteiger partial charge in [-0.15, -0.1) is 11.3 Å². The molecule has 0 spiro atoms. The molecule has 0 amide bonds. The topological polar surface area (TPSA) is 29.3 Å². The number of thiophene rings is 1. The van der Waals surface area contributed by atoms with Crippen LogP contribution in [-0.4, -0.2) is 24.5 Å². The van der Waals surface area contributed by atoms with Crippen LogP contribution < -0.4 is 5.73 Å². The predicted molar refractivity (Wildman–Crippen MR) is 66.2 cm³/mol. The quantitative estimate of drug-likeness (QED) is 0.854. The maximum absolute atomic E-state index is 5.90. The molecule has 15 heavy (non-hydrogen) atoms. The van der Waals surface area contributed by atoms with E-state index in [1.54, 1.807) is 0 Å². The molecule has 0 aromatic carbocycles. The van der Waals surface area contributed by atoms with Gasteiger partial charge >= 0.3 is 0 Å². The number of likely N-dealkylation sites (tertiary alicyclic amines) is 1. The van der Waals surface area contributed by atoms with Crippen LogP contribution in [0.5, 0.6) is 0 Å². The standard InChI is InChI=1S/C12H20N2S/c1-9-5-6-14(8-9)11(7-13)12-4-3-10(2)15-12/h3-4,9,11H,5-8,13H2,1-2H3. The van der Waals surface area contributed by atoms with E-state index >= 15 is 0 Å². The van der Waals surface area contributed by atoms with Crippen LogP contribution in [0.1, 0.15) is 29.1 Å². The average Bonchev–Trinajstić information content (AvgIpc) is 2.78. The highest BCUT2D eigenvalue weighted by atomic mass is 32.1. The molecule has 3 heteroatoms. The molecule has 0 radical (unpaired) electrons. The predicted octanol–water partition coefficient (Wildman–Crippen LogP) is 2.40. The van der Waals surface area contributed by atoms with Crippen molar-refractivity contribution < 1.29 is 0 Å². The Morgan fingerprint density at radius 1 is 1.60 bits per heavy atom. The Kier molecular flexibility index (Phi) is 3.44. The highest BCUT2D eigenvalue weighted by molar-refractivity contribution is 7.12. The van der Waals surface area contributed by atoms with Gasteiger partial charge in [0.2, 0.25) is 0 Å². The molecular formula is C12H20N2S. The summed E-state index contributed by atoms with van der Waals surface area (Å²) in [7, 11) is 0. The SMILES string of the molecule is Cc1ccc(C(CN)N2CCC(C)C2)s1. The normalized spacial score (nSPS) is 24.6. The van der Waals surface area contributed by atoms with Gasteiger partial charge < -0.3 is 5.73 Å². The van der Waals surface area contributed by atoms with Crippen molar-refractivity contribution in [3.8, 4) is 0 Å². The van der Waals surface area contributed by atoms with E-state index in [4.69, 9.17) is 5.73 Å². The molecule has 0 saturated carbocycles. The van der Waals surface area contributed by atoms with Crippen molar-refractivity contribution >= 4 is 11.3 Å². The maximum Gasteiger partial charge on any atom is 0.0564 e. The first kappa shape index (κ1) is 11.1. The minimum absolute atomic E-state index is 0.452. The fourth-order valence-corrected chi connectivity index (χ4v) is 3.36. The first-order chi connectivity index (χ1) is 7.20. The molecule has 1 fully saturated rings. The molecule has 1 aliphatic heterocycles. The van der Waals surface area contributed by atoms with Gasteiger partial charge in [0.05, 0.1) is 6.04 Å². The van der Waals surface area contributed by atoms with Crippen molar-refractivity contribution in [2.24, 2.45) is 11.7 Å². The second-order valence-electron chi connectivity index (χ2n) is 4.59. The van der Waals surface area contributed by atoms with E-state index in [0.29, 0.717) is 6.04 Å². The van der Waals surface area contributed by atoms with Gasteiger partial charge in [0.25, 0.3) is 0 Å². The van der Waals surface area contributed by atoms with E-state index in [-0.39, 0.29) is 0 Å². The summed E-state index contributed by atoms with van der Waals surface area (Å²) in [5, 5.41) is 0. The Morgan fingerprint density at radius 3 is 2.87 bits per heavy atom. The fourth-order valence-electron chi connectivity index (χ4n) is 2.33. The first-order valence-electron chi connectivity index (χ1n) is 5.71. The molecule has 2 N–H and O–H groups in total. The molecule has 2 nitrogen and oxygen atoms in total. The average molecular weight is 224 g/mol. The summed E-state index contributed by atoms with van der Waals surface area (Å²) in [4.78, 5) is 5.36. The monoisotopic (exact) mass is 224 g/mol. The minimum atomic E-state index is 0.452. The largest absolute Gasteiger partial charge is 0.329 e. The smallest absolute Gasteiger partial charge is 0.0564 e. The summed E-state index contributed by atoms with van der Waals surface area (Å²) in [6.07, 6.45) is 1.32. The zero-order chi connectivity index (χ0) is 10.8. The van der Waals surface area contributed by atoms with Gasteiger partial charge in [-0.1, -0.05) is 6.92 Å². The summed E-state index contributed by atoms with van der Waals surface area (Å²) < 4.78 is 0. The van der Waals surface area contributed by atoms with Gasteiger partial charge in [-0.2, -0.15) is 0 Å². The highest BCUT2D eigenvalue weighted by Crippen LogP contribution is 2.30. The van der Waals surface area contributed by atoms with Gasteiger partial charge in [-0.3, -0.25) is 4.90 Å². The third kappa shape index (κ3) is 2.41. The molecule has 2 heterocycles. The molecule has 0 aliphatic carbocycles. The Bertz CT molecular complexity index is 321. The molecule has 2 rings (SSSR count). The van der Waals surface area contributed by atoms with Crippen LogP contribution in [0.2, 0.25) is 0 Å². The van der Waals surface area contributed by atoms with Crippen molar-refractivity contribution in [2.75, 3.05) is 19.6 Å². The molecule has 1 saturated heterocycles. The van der Waals surface area contributed by atoms with Crippen LogP contribution in [0.15, 0.2) is 12.1 Å². The van der Waals surface area contributed by atoms with Crippen molar-refractivity contribution in [3.05, 3.63) is 21.9 Å². The van der Waals surface area contributed by atoms with Crippen LogP contribution in [0, 0.1) is 12.8 Å². The van der Waals surface area contributed by atoms with E-state index in [9.17, 15) is 0 Å². The molecule has 2 unspecified atom stereocenters. The van der Waals surface area contributed by atoms with E-state index in [0.717, 1.165) is 12.5 Å². The fraction of sp³-hybridized carbons (Fsp3) is 0.667. The Morgan fingerprint density at radius 2 is 2.40 bits per heavy atom. The van der Waals surface area contributed by atoms with Gasteiger partial charge in [0.15, 0.2) is 0 Å². The molecule has 0 bridgehead atoms. The van der Waals surface area contributed by atoms with E-state index in [1.165, 1.54) is 29.3 Å². The summed E-state index contributed by atoms with van der Waals surface area (Å²) in [5.74, 6) is 0.833. The first-order valence-corrected chi connectivity index (χ1v) is 6.53. The Hall–Kier alpha value is -0.380. The third-order valence-electron chi connectivity index (χ3n) is 3.21. The Balaban J connectivity index is 2.10. The highest BCUT2D eigenvalue weighted by Gasteiger charge is 2.26. The lowest BCUT2D eigenvalue weighted by molar-refractivity contribution is 0.247. The lowest BCUT2D eigenvalue weighted by Crippen LogP contribution is -2.31. The van der Waals surface area contributed by atoms with E-state index < -0.39 is 0 Å². The van der Waals surface area contributed by atoms with Crippen LogP contribution in [0.3, 0.4) is 0 Å². The maximum atomic E-state index is 5.90. The molecule has 1 aromatic rings. The van der Waals surface area contributed by atoms with Crippen molar-refractivity contribution in [1.29, 1.82) is 0 Å². The van der Waals surface area contributed by atoms with E-state index in [1.807, 2.05) is 11.3 Å². The molecule has 2 atom stereocenters. The van der Waals surface area contributed by atoms with Crippen molar-refractivity contribution in [1.82, 2.24) is 4.90 Å². The minimum Gasteiger partial charge on any atom is -0.329 e. The zero-order valence-electron chi connectivity index (χ0n) is 9.57. The van der Waals surface area contributed by atoms with Crippen LogP contribution in [0.4, 0.5) is 0 Å². The number of hydrogen-bond acceptors (Lipinski definition) is 3. The zero-order valence-corrected chi connectivity index (χ0v) is 10.4. The Labute approximate surface area is 96.1 Å². The molecule has 1 aromatic heterocycles.